The van der Waals surface area contributed by atoms with E-state index in [1.165, 1.54) is 18.2 Å². The fraction of sp³-hybridized carbons (Fsp3) is 0.176. The van der Waals surface area contributed by atoms with Gasteiger partial charge in [-0.25, -0.2) is 4.39 Å². The molecule has 1 aromatic carbocycles. The van der Waals surface area contributed by atoms with Crippen molar-refractivity contribution in [2.45, 2.75) is 20.4 Å². The molecule has 0 aliphatic rings. The van der Waals surface area contributed by atoms with Gasteiger partial charge in [0.2, 0.25) is 0 Å². The fourth-order valence-corrected chi connectivity index (χ4v) is 2.48. The van der Waals surface area contributed by atoms with Gasteiger partial charge in [-0.1, -0.05) is 17.3 Å². The van der Waals surface area contributed by atoms with E-state index in [1.54, 1.807) is 29.0 Å². The standard InChI is InChI=1S/C17H15FN2O2/c1-11-17(12(2)22-19-11)14-5-8-16(21)20(10-14)9-13-3-6-15(18)7-4-13/h3-8,10H,9H2,1-2H3. The second-order valence-electron chi connectivity index (χ2n) is 5.21. The molecule has 4 nitrogen and oxygen atoms in total. The molecule has 0 spiro atoms. The summed E-state index contributed by atoms with van der Waals surface area (Å²) in [5.74, 6) is 0.421. The van der Waals surface area contributed by atoms with Crippen molar-refractivity contribution in [3.05, 3.63) is 75.8 Å². The van der Waals surface area contributed by atoms with E-state index < -0.39 is 0 Å². The van der Waals surface area contributed by atoms with Gasteiger partial charge in [-0.05, 0) is 37.6 Å². The Bertz CT molecular complexity index is 844. The van der Waals surface area contributed by atoms with Crippen LogP contribution in [0.4, 0.5) is 4.39 Å². The van der Waals surface area contributed by atoms with Crippen LogP contribution in [0.15, 0.2) is 51.9 Å². The summed E-state index contributed by atoms with van der Waals surface area (Å²) in [5.41, 5.74) is 3.30. The summed E-state index contributed by atoms with van der Waals surface area (Å²) in [4.78, 5) is 12.0. The first-order valence-electron chi connectivity index (χ1n) is 6.93. The van der Waals surface area contributed by atoms with Gasteiger partial charge < -0.3 is 9.09 Å². The van der Waals surface area contributed by atoms with E-state index in [-0.39, 0.29) is 11.4 Å². The van der Waals surface area contributed by atoms with E-state index in [2.05, 4.69) is 5.16 Å². The van der Waals surface area contributed by atoms with Crippen molar-refractivity contribution in [1.82, 2.24) is 9.72 Å². The molecule has 0 amide bonds. The molecule has 0 saturated heterocycles. The highest BCUT2D eigenvalue weighted by molar-refractivity contribution is 5.66. The van der Waals surface area contributed by atoms with Crippen molar-refractivity contribution in [3.8, 4) is 11.1 Å². The van der Waals surface area contributed by atoms with E-state index >= 15 is 0 Å². The van der Waals surface area contributed by atoms with Crippen LogP contribution >= 0.6 is 0 Å². The van der Waals surface area contributed by atoms with Gasteiger partial charge in [0.15, 0.2) is 0 Å². The van der Waals surface area contributed by atoms with Gasteiger partial charge in [0, 0.05) is 23.4 Å². The highest BCUT2D eigenvalue weighted by Gasteiger charge is 2.12. The Balaban J connectivity index is 2.00. The predicted molar refractivity (Wildman–Crippen MR) is 81.2 cm³/mol. The van der Waals surface area contributed by atoms with Gasteiger partial charge in [-0.15, -0.1) is 0 Å². The minimum Gasteiger partial charge on any atom is -0.361 e. The van der Waals surface area contributed by atoms with Gasteiger partial charge in [-0.3, -0.25) is 4.79 Å². The summed E-state index contributed by atoms with van der Waals surface area (Å²) in [6.45, 7) is 4.09. The molecule has 3 aromatic rings. The summed E-state index contributed by atoms with van der Waals surface area (Å²) < 4.78 is 19.7. The molecule has 0 fully saturated rings. The molecule has 112 valence electrons. The van der Waals surface area contributed by atoms with E-state index in [1.807, 2.05) is 13.8 Å². The lowest BCUT2D eigenvalue weighted by Gasteiger charge is -2.08. The van der Waals surface area contributed by atoms with E-state index in [0.29, 0.717) is 12.3 Å². The number of hydrogen-bond acceptors (Lipinski definition) is 3. The van der Waals surface area contributed by atoms with Crippen molar-refractivity contribution >= 4 is 0 Å². The number of halogens is 1. The van der Waals surface area contributed by atoms with Gasteiger partial charge in [0.1, 0.15) is 11.6 Å². The summed E-state index contributed by atoms with van der Waals surface area (Å²) >= 11 is 0. The number of aromatic nitrogens is 2. The summed E-state index contributed by atoms with van der Waals surface area (Å²) in [7, 11) is 0. The van der Waals surface area contributed by atoms with E-state index in [0.717, 1.165) is 22.4 Å². The third-order valence-corrected chi connectivity index (χ3v) is 3.57. The lowest BCUT2D eigenvalue weighted by Crippen LogP contribution is -2.19. The van der Waals surface area contributed by atoms with Gasteiger partial charge in [0.05, 0.1) is 12.2 Å². The summed E-state index contributed by atoms with van der Waals surface area (Å²) in [5, 5.41) is 3.93. The molecule has 5 heteroatoms. The zero-order valence-electron chi connectivity index (χ0n) is 12.3. The third-order valence-electron chi connectivity index (χ3n) is 3.57. The monoisotopic (exact) mass is 298 g/mol. The minimum absolute atomic E-state index is 0.111. The Morgan fingerprint density at radius 2 is 1.86 bits per heavy atom. The third kappa shape index (κ3) is 2.70. The first-order valence-corrected chi connectivity index (χ1v) is 6.93. The van der Waals surface area contributed by atoms with Crippen LogP contribution in [0.25, 0.3) is 11.1 Å². The van der Waals surface area contributed by atoms with Crippen LogP contribution < -0.4 is 5.56 Å². The second-order valence-corrected chi connectivity index (χ2v) is 5.21. The number of hydrogen-bond donors (Lipinski definition) is 0. The molecule has 0 bridgehead atoms. The second kappa shape index (κ2) is 5.60. The van der Waals surface area contributed by atoms with Crippen molar-refractivity contribution < 1.29 is 8.91 Å². The number of nitrogens with zero attached hydrogens (tertiary/aromatic N) is 2. The van der Waals surface area contributed by atoms with Crippen molar-refractivity contribution in [2.75, 3.05) is 0 Å². The van der Waals surface area contributed by atoms with Crippen molar-refractivity contribution in [2.24, 2.45) is 0 Å². The fourth-order valence-electron chi connectivity index (χ4n) is 2.48. The molecule has 2 heterocycles. The lowest BCUT2D eigenvalue weighted by atomic mass is 10.1. The highest BCUT2D eigenvalue weighted by Crippen LogP contribution is 2.25. The van der Waals surface area contributed by atoms with Crippen LogP contribution in [0.1, 0.15) is 17.0 Å². The summed E-state index contributed by atoms with van der Waals surface area (Å²) in [6.07, 6.45) is 1.78. The molecular formula is C17H15FN2O2. The van der Waals surface area contributed by atoms with Crippen molar-refractivity contribution in [3.63, 3.8) is 0 Å². The predicted octanol–water partition coefficient (Wildman–Crippen LogP) is 3.31. The Hall–Kier alpha value is -2.69. The Labute approximate surface area is 126 Å². The van der Waals surface area contributed by atoms with Crippen LogP contribution in [0, 0.1) is 19.7 Å². The Kier molecular flexibility index (Phi) is 3.63. The van der Waals surface area contributed by atoms with Crippen LogP contribution in [0.2, 0.25) is 0 Å². The van der Waals surface area contributed by atoms with Crippen LogP contribution in [-0.2, 0) is 6.54 Å². The zero-order chi connectivity index (χ0) is 15.7. The smallest absolute Gasteiger partial charge is 0.250 e. The maximum Gasteiger partial charge on any atom is 0.250 e. The van der Waals surface area contributed by atoms with Gasteiger partial charge in [0.25, 0.3) is 5.56 Å². The molecule has 0 N–H and O–H groups in total. The molecule has 0 aliphatic carbocycles. The number of pyridine rings is 1. The number of rotatable bonds is 3. The largest absolute Gasteiger partial charge is 0.361 e. The quantitative estimate of drug-likeness (QED) is 0.745. The zero-order valence-corrected chi connectivity index (χ0v) is 12.3. The maximum absolute atomic E-state index is 13.0. The van der Waals surface area contributed by atoms with Crippen LogP contribution in [0.5, 0.6) is 0 Å². The first-order chi connectivity index (χ1) is 10.5. The number of benzene rings is 1. The first kappa shape index (κ1) is 14.3. The highest BCUT2D eigenvalue weighted by atomic mass is 19.1. The normalized spacial score (nSPS) is 10.9. The summed E-state index contributed by atoms with van der Waals surface area (Å²) in [6, 6.07) is 9.40. The average molecular weight is 298 g/mol. The molecule has 2 aromatic heterocycles. The van der Waals surface area contributed by atoms with E-state index in [9.17, 15) is 9.18 Å². The minimum atomic E-state index is -0.291. The molecule has 0 radical (unpaired) electrons. The van der Waals surface area contributed by atoms with Crippen LogP contribution in [0.3, 0.4) is 0 Å². The molecule has 3 rings (SSSR count). The molecular weight excluding hydrogens is 283 g/mol. The maximum atomic E-state index is 13.0. The Morgan fingerprint density at radius 3 is 2.50 bits per heavy atom. The topological polar surface area (TPSA) is 48.0 Å². The SMILES string of the molecule is Cc1noc(C)c1-c1ccc(=O)n(Cc2ccc(F)cc2)c1. The van der Waals surface area contributed by atoms with Gasteiger partial charge in [-0.2, -0.15) is 0 Å². The molecule has 22 heavy (non-hydrogen) atoms. The number of aryl methyl sites for hydroxylation is 2. The molecule has 0 saturated carbocycles. The molecule has 0 aliphatic heterocycles. The van der Waals surface area contributed by atoms with Crippen molar-refractivity contribution in [1.29, 1.82) is 0 Å². The molecule has 0 unspecified atom stereocenters. The molecule has 0 atom stereocenters. The lowest BCUT2D eigenvalue weighted by molar-refractivity contribution is 0.393. The average Bonchev–Trinajstić information content (AvgIpc) is 2.83. The van der Waals surface area contributed by atoms with E-state index in [4.69, 9.17) is 4.52 Å². The van der Waals surface area contributed by atoms with Crippen LogP contribution in [-0.4, -0.2) is 9.72 Å². The Morgan fingerprint density at radius 1 is 1.14 bits per heavy atom. The van der Waals surface area contributed by atoms with Gasteiger partial charge >= 0.3 is 0 Å².